The molecule has 5 nitrogen and oxygen atoms in total. The van der Waals surface area contributed by atoms with Crippen molar-refractivity contribution in [2.75, 3.05) is 39.3 Å². The number of carbonyl (C=O) groups excluding carboxylic acids is 1. The van der Waals surface area contributed by atoms with E-state index in [-0.39, 0.29) is 11.7 Å². The van der Waals surface area contributed by atoms with E-state index in [1.54, 1.807) is 6.26 Å². The van der Waals surface area contributed by atoms with Crippen molar-refractivity contribution in [3.05, 3.63) is 23.0 Å². The number of hydrogen-bond donors (Lipinski definition) is 2. The van der Waals surface area contributed by atoms with E-state index in [1.165, 1.54) is 19.3 Å². The largest absolute Gasteiger partial charge is 0.496 e. The van der Waals surface area contributed by atoms with Gasteiger partial charge < -0.3 is 20.1 Å². The van der Waals surface area contributed by atoms with Crippen LogP contribution in [0.5, 0.6) is 0 Å². The Labute approximate surface area is 143 Å². The molecule has 132 valence electrons. The summed E-state index contributed by atoms with van der Waals surface area (Å²) in [6.07, 6.45) is 5.19. The Morgan fingerprint density at radius 1 is 1.42 bits per heavy atom. The van der Waals surface area contributed by atoms with Crippen LogP contribution in [0.15, 0.2) is 23.0 Å². The quantitative estimate of drug-likeness (QED) is 0.814. The number of rotatable bonds is 3. The van der Waals surface area contributed by atoms with Crippen LogP contribution in [0.3, 0.4) is 0 Å². The highest BCUT2D eigenvalue weighted by Gasteiger charge is 2.40. The normalized spacial score (nSPS) is 31.2. The van der Waals surface area contributed by atoms with Crippen molar-refractivity contribution in [1.29, 1.82) is 0 Å². The fraction of sp³-hybridized carbons (Fsp3) is 0.737. The number of ketones is 1. The summed E-state index contributed by atoms with van der Waals surface area (Å²) in [5.41, 5.74) is 3.64. The van der Waals surface area contributed by atoms with Gasteiger partial charge >= 0.3 is 0 Å². The Morgan fingerprint density at radius 2 is 2.21 bits per heavy atom. The molecular weight excluding hydrogens is 304 g/mol. The second-order valence-electron chi connectivity index (χ2n) is 8.03. The molecule has 0 amide bonds. The van der Waals surface area contributed by atoms with Gasteiger partial charge in [-0.2, -0.15) is 0 Å². The van der Waals surface area contributed by atoms with E-state index >= 15 is 0 Å². The average Bonchev–Trinajstić information content (AvgIpc) is 3.19. The van der Waals surface area contributed by atoms with Gasteiger partial charge in [-0.25, -0.2) is 0 Å². The van der Waals surface area contributed by atoms with E-state index in [2.05, 4.69) is 10.2 Å². The van der Waals surface area contributed by atoms with Crippen LogP contribution in [0.25, 0.3) is 0 Å². The van der Waals surface area contributed by atoms with Gasteiger partial charge in [-0.05, 0) is 56.8 Å². The number of aliphatic hydroxyl groups is 1. The van der Waals surface area contributed by atoms with Gasteiger partial charge in [0, 0.05) is 25.1 Å². The Balaban J connectivity index is 1.39. The molecule has 0 aromatic rings. The predicted molar refractivity (Wildman–Crippen MR) is 91.4 cm³/mol. The number of piperidine rings is 1. The van der Waals surface area contributed by atoms with Crippen molar-refractivity contribution >= 4 is 5.78 Å². The van der Waals surface area contributed by atoms with Gasteiger partial charge in [0.2, 0.25) is 0 Å². The van der Waals surface area contributed by atoms with Gasteiger partial charge in [0.25, 0.3) is 0 Å². The van der Waals surface area contributed by atoms with Crippen LogP contribution in [-0.2, 0) is 9.53 Å². The molecule has 3 heterocycles. The Morgan fingerprint density at radius 3 is 2.92 bits per heavy atom. The molecule has 2 atom stereocenters. The first kappa shape index (κ1) is 16.3. The van der Waals surface area contributed by atoms with E-state index < -0.39 is 6.10 Å². The zero-order valence-corrected chi connectivity index (χ0v) is 14.5. The average molecular weight is 332 g/mol. The van der Waals surface area contributed by atoms with Gasteiger partial charge in [-0.15, -0.1) is 0 Å². The maximum Gasteiger partial charge on any atom is 0.147 e. The molecule has 3 aliphatic heterocycles. The molecule has 0 saturated carbocycles. The summed E-state index contributed by atoms with van der Waals surface area (Å²) in [6.45, 7) is 7.49. The lowest BCUT2D eigenvalue weighted by Crippen LogP contribution is -2.47. The monoisotopic (exact) mass is 332 g/mol. The maximum absolute atomic E-state index is 12.5. The molecule has 24 heavy (non-hydrogen) atoms. The van der Waals surface area contributed by atoms with E-state index in [9.17, 15) is 9.90 Å². The van der Waals surface area contributed by atoms with Crippen LogP contribution in [0, 0.1) is 11.3 Å². The van der Waals surface area contributed by atoms with E-state index in [1.807, 2.05) is 6.92 Å². The minimum absolute atomic E-state index is 0.133. The first-order valence-electron chi connectivity index (χ1n) is 9.22. The summed E-state index contributed by atoms with van der Waals surface area (Å²) in [4.78, 5) is 14.9. The zero-order valence-electron chi connectivity index (χ0n) is 14.5. The molecule has 0 bridgehead atoms. The summed E-state index contributed by atoms with van der Waals surface area (Å²) >= 11 is 0. The second kappa shape index (κ2) is 6.28. The zero-order chi connectivity index (χ0) is 16.7. The summed E-state index contributed by atoms with van der Waals surface area (Å²) < 4.78 is 5.37. The Bertz CT molecular complexity index is 579. The van der Waals surface area contributed by atoms with Crippen LogP contribution in [0.2, 0.25) is 0 Å². The van der Waals surface area contributed by atoms with E-state index in [0.29, 0.717) is 25.0 Å². The maximum atomic E-state index is 12.5. The van der Waals surface area contributed by atoms with Crippen LogP contribution in [-0.4, -0.2) is 61.2 Å². The molecule has 2 N–H and O–H groups in total. The number of Topliss-reactive ketones (excluding diaryl/α,β-unsaturated/α-hetero) is 1. The number of nitrogens with one attached hydrogen (secondary N) is 1. The van der Waals surface area contributed by atoms with Gasteiger partial charge in [0.15, 0.2) is 0 Å². The standard InChI is InChI=1S/C19H28N2O3/c1-13-15-11-24-10-14(15)8-16(22)18(13)17(23)9-21-6-3-19(4-7-21)2-5-20-12-19/h10,17-18,20,23H,2-9,11-12H2,1H3/t17-,18?/m0/s1. The SMILES string of the molecule is CC1=C2COC=C2CC(=O)C1[C@@H](O)CN1CCC2(CCNC2)CC1. The summed E-state index contributed by atoms with van der Waals surface area (Å²) in [6, 6.07) is 0. The molecule has 5 heteroatoms. The van der Waals surface area contributed by atoms with Crippen molar-refractivity contribution in [3.63, 3.8) is 0 Å². The first-order valence-corrected chi connectivity index (χ1v) is 9.22. The highest BCUT2D eigenvalue weighted by atomic mass is 16.5. The van der Waals surface area contributed by atoms with E-state index in [0.717, 1.165) is 42.9 Å². The minimum atomic E-state index is -0.608. The third kappa shape index (κ3) is 2.83. The van der Waals surface area contributed by atoms with Gasteiger partial charge in [-0.1, -0.05) is 5.57 Å². The highest BCUT2D eigenvalue weighted by Crippen LogP contribution is 2.39. The molecule has 4 aliphatic rings. The molecule has 4 rings (SSSR count). The number of fused-ring (bicyclic) bond motifs is 1. The lowest BCUT2D eigenvalue weighted by molar-refractivity contribution is -0.125. The molecule has 2 saturated heterocycles. The Kier molecular flexibility index (Phi) is 4.27. The molecule has 1 aliphatic carbocycles. The fourth-order valence-electron chi connectivity index (χ4n) is 4.94. The second-order valence-corrected chi connectivity index (χ2v) is 8.03. The molecule has 1 unspecified atom stereocenters. The van der Waals surface area contributed by atoms with E-state index in [4.69, 9.17) is 4.74 Å². The smallest absolute Gasteiger partial charge is 0.147 e. The van der Waals surface area contributed by atoms with Crippen LogP contribution >= 0.6 is 0 Å². The van der Waals surface area contributed by atoms with Crippen LogP contribution in [0.1, 0.15) is 32.6 Å². The summed E-state index contributed by atoms with van der Waals surface area (Å²) in [5.74, 6) is -0.225. The molecule has 0 aromatic heterocycles. The summed E-state index contributed by atoms with van der Waals surface area (Å²) in [7, 11) is 0. The van der Waals surface area contributed by atoms with Crippen molar-refractivity contribution in [2.24, 2.45) is 11.3 Å². The number of carbonyl (C=O) groups is 1. The van der Waals surface area contributed by atoms with Gasteiger partial charge in [0.05, 0.1) is 18.3 Å². The van der Waals surface area contributed by atoms with Gasteiger partial charge in [-0.3, -0.25) is 4.79 Å². The predicted octanol–water partition coefficient (Wildman–Crippen LogP) is 1.24. The number of nitrogens with zero attached hydrogens (tertiary/aromatic N) is 1. The fourth-order valence-corrected chi connectivity index (χ4v) is 4.94. The molecule has 0 aromatic carbocycles. The number of likely N-dealkylation sites (tertiary alicyclic amines) is 1. The van der Waals surface area contributed by atoms with Crippen molar-refractivity contribution in [2.45, 2.75) is 38.7 Å². The van der Waals surface area contributed by atoms with Gasteiger partial charge in [0.1, 0.15) is 12.4 Å². The van der Waals surface area contributed by atoms with Crippen molar-refractivity contribution in [3.8, 4) is 0 Å². The molecule has 0 radical (unpaired) electrons. The topological polar surface area (TPSA) is 61.8 Å². The Hall–Kier alpha value is -1.17. The lowest BCUT2D eigenvalue weighted by atomic mass is 9.76. The third-order valence-electron chi connectivity index (χ3n) is 6.57. The number of β-amino-alcohol motifs (C(OH)–C–C–N with tert-alkyl or cyclic N) is 1. The van der Waals surface area contributed by atoms with Crippen molar-refractivity contribution in [1.82, 2.24) is 10.2 Å². The molecular formula is C19H28N2O3. The van der Waals surface area contributed by atoms with Crippen LogP contribution < -0.4 is 5.32 Å². The lowest BCUT2D eigenvalue weighted by Gasteiger charge is -2.40. The first-order chi connectivity index (χ1) is 11.6. The summed E-state index contributed by atoms with van der Waals surface area (Å²) in [5, 5.41) is 14.3. The highest BCUT2D eigenvalue weighted by molar-refractivity contribution is 5.90. The minimum Gasteiger partial charge on any atom is -0.496 e. The number of hydrogen-bond acceptors (Lipinski definition) is 5. The number of aliphatic hydroxyl groups excluding tert-OH is 1. The van der Waals surface area contributed by atoms with Crippen LogP contribution in [0.4, 0.5) is 0 Å². The third-order valence-corrected chi connectivity index (χ3v) is 6.57. The molecule has 2 fully saturated rings. The number of ether oxygens (including phenoxy) is 1. The molecule has 1 spiro atoms. The van der Waals surface area contributed by atoms with Crippen molar-refractivity contribution < 1.29 is 14.6 Å².